The van der Waals surface area contributed by atoms with Crippen LogP contribution in [0.25, 0.3) is 32.3 Å². The van der Waals surface area contributed by atoms with E-state index >= 15 is 0 Å². The molecule has 0 unspecified atom stereocenters. The molecule has 114 heavy (non-hydrogen) atoms. The average molecular weight is 1540 g/mol. The number of benzene rings is 9. The lowest BCUT2D eigenvalue weighted by Crippen LogP contribution is -2.07. The van der Waals surface area contributed by atoms with Crippen LogP contribution < -0.4 is 30.2 Å². The van der Waals surface area contributed by atoms with Crippen molar-refractivity contribution in [3.05, 3.63) is 182 Å². The second-order valence-electron chi connectivity index (χ2n) is 31.1. The van der Waals surface area contributed by atoms with Crippen molar-refractivity contribution in [3.63, 3.8) is 0 Å². The number of hydrogen-bond acceptors (Lipinski definition) is 15. The van der Waals surface area contributed by atoms with Crippen molar-refractivity contribution >= 4 is 101 Å². The lowest BCUT2D eigenvalue weighted by atomic mass is 10.0. The van der Waals surface area contributed by atoms with Crippen LogP contribution in [0.4, 0.5) is 69.0 Å². The highest BCUT2D eigenvalue weighted by molar-refractivity contribution is 5.98. The largest absolute Gasteiger partial charge is 0.493 e. The van der Waals surface area contributed by atoms with Crippen molar-refractivity contribution in [2.45, 2.75) is 290 Å². The quantitative estimate of drug-likeness (QED) is 0.0247. The van der Waals surface area contributed by atoms with Gasteiger partial charge in [-0.05, 0) is 128 Å². The molecule has 0 amide bonds. The number of aromatic nitrogens is 3. The number of hydrogen-bond donors (Lipinski definition) is 3. The molecule has 0 aliphatic carbocycles. The molecular formula is C99H132N12O3. The minimum absolute atomic E-state index is 0.315. The molecule has 10 rings (SSSR count). The molecule has 15 heteroatoms. The van der Waals surface area contributed by atoms with E-state index in [1.807, 2.05) is 127 Å². The Morgan fingerprint density at radius 2 is 0.412 bits per heavy atom. The minimum atomic E-state index is 0.315. The SMILES string of the molecule is CCCCCCCCCCCCCCCCOc1ccc(N=Nc2ccc(Nc3nc(Nc4ccc(N=Nc5ccc(OCCCCCCCCCCCCCCCC)c6ccccc56)cc4)nc(Nc4ccc(N=Nc5ccc(OCCCCCCCCCCCCCCCC)c6ccccc56)cc4)n3)cc2)c2ccccc12. The molecule has 15 nitrogen and oxygen atoms in total. The lowest BCUT2D eigenvalue weighted by molar-refractivity contribution is 0.307. The summed E-state index contributed by atoms with van der Waals surface area (Å²) in [6.45, 7) is 8.96. The highest BCUT2D eigenvalue weighted by Crippen LogP contribution is 2.39. The predicted octanol–water partition coefficient (Wildman–Crippen LogP) is 33.4. The van der Waals surface area contributed by atoms with Crippen LogP contribution in [0.2, 0.25) is 0 Å². The van der Waals surface area contributed by atoms with Gasteiger partial charge in [-0.1, -0.05) is 344 Å². The van der Waals surface area contributed by atoms with Crippen molar-refractivity contribution in [2.75, 3.05) is 35.8 Å². The fourth-order valence-electron chi connectivity index (χ4n) is 14.9. The van der Waals surface area contributed by atoms with Gasteiger partial charge in [0.2, 0.25) is 17.8 Å². The molecule has 0 fully saturated rings. The number of nitrogens with zero attached hydrogens (tertiary/aromatic N) is 9. The molecule has 0 aliphatic rings. The van der Waals surface area contributed by atoms with Crippen LogP contribution in [-0.2, 0) is 0 Å². The fourth-order valence-corrected chi connectivity index (χ4v) is 14.9. The van der Waals surface area contributed by atoms with Gasteiger partial charge >= 0.3 is 0 Å². The smallest absolute Gasteiger partial charge is 0.233 e. The molecule has 0 saturated carbocycles. The summed E-state index contributed by atoms with van der Waals surface area (Å²) >= 11 is 0. The summed E-state index contributed by atoms with van der Waals surface area (Å²) in [6, 6.07) is 60.0. The highest BCUT2D eigenvalue weighted by atomic mass is 16.5. The van der Waals surface area contributed by atoms with E-state index in [2.05, 4.69) is 107 Å². The first-order valence-electron chi connectivity index (χ1n) is 44.6. The Labute approximate surface area is 682 Å². The van der Waals surface area contributed by atoms with E-state index in [4.69, 9.17) is 44.5 Å². The molecule has 0 atom stereocenters. The Balaban J connectivity index is 0.743. The maximum atomic E-state index is 6.39. The van der Waals surface area contributed by atoms with Gasteiger partial charge < -0.3 is 30.2 Å². The summed E-state index contributed by atoms with van der Waals surface area (Å²) in [5.41, 5.74) is 6.64. The molecule has 3 N–H and O–H groups in total. The molecule has 0 bridgehead atoms. The third-order valence-corrected chi connectivity index (χ3v) is 21.7. The second-order valence-corrected chi connectivity index (χ2v) is 31.1. The van der Waals surface area contributed by atoms with Crippen molar-refractivity contribution < 1.29 is 14.2 Å². The van der Waals surface area contributed by atoms with Gasteiger partial charge in [-0.3, -0.25) is 0 Å². The fraction of sp³-hybridized carbons (Fsp3) is 0.485. The van der Waals surface area contributed by atoms with E-state index in [1.54, 1.807) is 0 Å². The van der Waals surface area contributed by atoms with E-state index in [-0.39, 0.29) is 0 Å². The Morgan fingerprint density at radius 3 is 0.632 bits per heavy atom. The van der Waals surface area contributed by atoms with Gasteiger partial charge in [-0.25, -0.2) is 0 Å². The van der Waals surface area contributed by atoms with Crippen molar-refractivity contribution in [2.24, 2.45) is 30.7 Å². The summed E-state index contributed by atoms with van der Waals surface area (Å²) in [6.07, 6.45) is 55.9. The third kappa shape index (κ3) is 31.6. The van der Waals surface area contributed by atoms with Crippen LogP contribution in [-0.4, -0.2) is 34.8 Å². The van der Waals surface area contributed by atoms with Crippen molar-refractivity contribution in [1.82, 2.24) is 15.0 Å². The van der Waals surface area contributed by atoms with Gasteiger partial charge in [0.15, 0.2) is 0 Å². The Morgan fingerprint density at radius 1 is 0.211 bits per heavy atom. The molecule has 606 valence electrons. The number of rotatable bonds is 60. The standard InChI is InChI=1S/C99H132N12O3/c1-4-7-10-13-16-19-22-25-28-31-34-37-40-49-76-112-94-73-70-91(85-52-43-46-55-88(85)94)109-106-82-64-58-79(59-65-82)100-97-103-98(101-80-60-66-83(67-61-80)107-110-92-71-74-95(89-56-47-44-53-86(89)92)113-77-50-41-38-35-32-29-26-23-20-17-14-11-8-5-2)105-99(104-97)102-81-62-68-84(69-63-81)108-111-93-72-75-96(90-57-48-45-54-87(90)93)114-78-51-42-39-36-33-30-27-24-21-18-15-12-9-6-3/h43-48,52-75H,4-42,49-51,76-78H2,1-3H3,(H3,100,101,102,103,104,105). The summed E-state index contributed by atoms with van der Waals surface area (Å²) < 4.78 is 19.2. The van der Waals surface area contributed by atoms with Crippen molar-refractivity contribution in [3.8, 4) is 17.2 Å². The number of ether oxygens (including phenoxy) is 3. The van der Waals surface area contributed by atoms with Crippen LogP contribution in [0.15, 0.2) is 213 Å². The number of nitrogens with one attached hydrogen (secondary N) is 3. The van der Waals surface area contributed by atoms with Crippen LogP contribution >= 0.6 is 0 Å². The molecule has 1 aromatic heterocycles. The Bertz CT molecular complexity index is 3950. The number of azo groups is 3. The van der Waals surface area contributed by atoms with Crippen molar-refractivity contribution in [1.29, 1.82) is 0 Å². The van der Waals surface area contributed by atoms with E-state index < -0.39 is 0 Å². The highest BCUT2D eigenvalue weighted by Gasteiger charge is 2.14. The van der Waals surface area contributed by atoms with Gasteiger partial charge in [0.25, 0.3) is 0 Å². The molecule has 0 spiro atoms. The zero-order chi connectivity index (χ0) is 78.8. The Hall–Kier alpha value is -9.63. The van der Waals surface area contributed by atoms with Crippen LogP contribution in [0.1, 0.15) is 290 Å². The predicted molar refractivity (Wildman–Crippen MR) is 481 cm³/mol. The van der Waals surface area contributed by atoms with Gasteiger partial charge in [0.1, 0.15) is 17.2 Å². The van der Waals surface area contributed by atoms with Gasteiger partial charge in [0.05, 0.1) is 53.9 Å². The second kappa shape index (κ2) is 52.7. The summed E-state index contributed by atoms with van der Waals surface area (Å²) in [4.78, 5) is 14.6. The maximum Gasteiger partial charge on any atom is 0.233 e. The normalized spacial score (nSPS) is 11.7. The van der Waals surface area contributed by atoms with Crippen LogP contribution in [0.3, 0.4) is 0 Å². The number of unbranched alkanes of at least 4 members (excludes halogenated alkanes) is 39. The van der Waals surface area contributed by atoms with Gasteiger partial charge in [0, 0.05) is 49.4 Å². The summed E-state index contributed by atoms with van der Waals surface area (Å²) in [5.74, 6) is 3.58. The zero-order valence-electron chi connectivity index (χ0n) is 69.4. The van der Waals surface area contributed by atoms with Crippen LogP contribution in [0, 0.1) is 0 Å². The molecule has 0 radical (unpaired) electrons. The van der Waals surface area contributed by atoms with Gasteiger partial charge in [-0.2, -0.15) is 30.3 Å². The molecular weight excluding hydrogens is 1410 g/mol. The maximum absolute atomic E-state index is 6.39. The molecule has 9 aromatic carbocycles. The number of anilines is 6. The first-order valence-corrected chi connectivity index (χ1v) is 44.6. The topological polar surface area (TPSA) is 177 Å². The van der Waals surface area contributed by atoms with E-state index in [1.165, 1.54) is 250 Å². The first-order chi connectivity index (χ1) is 56.5. The van der Waals surface area contributed by atoms with Crippen LogP contribution in [0.5, 0.6) is 17.2 Å². The molecule has 0 aliphatic heterocycles. The minimum Gasteiger partial charge on any atom is -0.493 e. The molecule has 0 saturated heterocycles. The Kier molecular flexibility index (Phi) is 40.1. The van der Waals surface area contributed by atoms with E-state index in [9.17, 15) is 0 Å². The third-order valence-electron chi connectivity index (χ3n) is 21.7. The zero-order valence-corrected chi connectivity index (χ0v) is 69.4. The monoisotopic (exact) mass is 1540 g/mol. The van der Waals surface area contributed by atoms with E-state index in [0.29, 0.717) is 54.7 Å². The first kappa shape index (κ1) is 86.8. The summed E-state index contributed by atoms with van der Waals surface area (Å²) in [7, 11) is 0. The van der Waals surface area contributed by atoms with Gasteiger partial charge in [-0.15, -0.1) is 15.3 Å². The van der Waals surface area contributed by atoms with E-state index in [0.717, 1.165) is 103 Å². The summed E-state index contributed by atoms with van der Waals surface area (Å²) in [5, 5.41) is 44.6. The average Bonchev–Trinajstić information content (AvgIpc) is 0.815. The molecule has 1 heterocycles. The number of fused-ring (bicyclic) bond motifs is 3. The molecule has 10 aromatic rings. The lowest BCUT2D eigenvalue weighted by Gasteiger charge is -2.12.